The number of halogens is 1. The Balaban J connectivity index is 2.76. The molecule has 2 aromatic rings. The van der Waals surface area contributed by atoms with Gasteiger partial charge in [0.25, 0.3) is 0 Å². The predicted molar refractivity (Wildman–Crippen MR) is 58.1 cm³/mol. The summed E-state index contributed by atoms with van der Waals surface area (Å²) in [6.45, 7) is 0. The second-order valence-corrected chi connectivity index (χ2v) is 3.39. The number of aromatic nitrogens is 1. The molecule has 1 aromatic carbocycles. The van der Waals surface area contributed by atoms with Gasteiger partial charge in [0.05, 0.1) is 7.11 Å². The Bertz CT molecular complexity index is 525. The fourth-order valence-corrected chi connectivity index (χ4v) is 1.62. The van der Waals surface area contributed by atoms with Crippen LogP contribution < -0.4 is 0 Å². The van der Waals surface area contributed by atoms with Gasteiger partial charge in [0.15, 0.2) is 5.69 Å². The molecule has 0 saturated heterocycles. The maximum absolute atomic E-state index is 11.4. The number of carbonyl (C=O) groups excluding carboxylic acids is 1. The van der Waals surface area contributed by atoms with E-state index in [1.54, 1.807) is 6.07 Å². The summed E-state index contributed by atoms with van der Waals surface area (Å²) in [5.41, 5.74) is 0.251. The molecule has 0 aliphatic carbocycles. The fourth-order valence-electron chi connectivity index (χ4n) is 1.42. The molecule has 15 heavy (non-hydrogen) atoms. The van der Waals surface area contributed by atoms with Crippen LogP contribution in [0.25, 0.3) is 10.8 Å². The lowest BCUT2D eigenvalue weighted by atomic mass is 10.1. The van der Waals surface area contributed by atoms with Gasteiger partial charge in [-0.3, -0.25) is 0 Å². The first-order valence-corrected chi connectivity index (χ1v) is 4.74. The minimum Gasteiger partial charge on any atom is -0.464 e. The van der Waals surface area contributed by atoms with Crippen LogP contribution in [0, 0.1) is 0 Å². The molecule has 1 heterocycles. The van der Waals surface area contributed by atoms with Crippen molar-refractivity contribution in [1.29, 1.82) is 0 Å². The van der Waals surface area contributed by atoms with Gasteiger partial charge in [-0.05, 0) is 11.5 Å². The summed E-state index contributed by atoms with van der Waals surface area (Å²) in [5.74, 6) is -0.478. The number of ether oxygens (including phenoxy) is 1. The normalized spacial score (nSPS) is 10.3. The van der Waals surface area contributed by atoms with Crippen LogP contribution in [0.1, 0.15) is 10.5 Å². The summed E-state index contributed by atoms with van der Waals surface area (Å²) in [4.78, 5) is 15.4. The Labute approximate surface area is 91.6 Å². The van der Waals surface area contributed by atoms with E-state index in [0.717, 1.165) is 10.8 Å². The molecule has 0 saturated carbocycles. The quantitative estimate of drug-likeness (QED) is 0.549. The van der Waals surface area contributed by atoms with E-state index < -0.39 is 5.97 Å². The zero-order valence-electron chi connectivity index (χ0n) is 8.03. The van der Waals surface area contributed by atoms with Gasteiger partial charge in [-0.15, -0.1) is 0 Å². The van der Waals surface area contributed by atoms with Crippen LogP contribution in [-0.2, 0) is 4.74 Å². The highest BCUT2D eigenvalue weighted by atomic mass is 35.5. The molecule has 2 rings (SSSR count). The van der Waals surface area contributed by atoms with Crippen molar-refractivity contribution in [2.24, 2.45) is 0 Å². The molecule has 0 bridgehead atoms. The lowest BCUT2D eigenvalue weighted by molar-refractivity contribution is 0.0596. The molecule has 0 N–H and O–H groups in total. The lowest BCUT2D eigenvalue weighted by Gasteiger charge is -2.04. The molecular weight excluding hydrogens is 214 g/mol. The lowest BCUT2D eigenvalue weighted by Crippen LogP contribution is -2.05. The van der Waals surface area contributed by atoms with Crippen LogP contribution in [0.2, 0.25) is 5.15 Å². The molecule has 0 aliphatic rings. The number of pyridine rings is 1. The van der Waals surface area contributed by atoms with Crippen molar-refractivity contribution < 1.29 is 9.53 Å². The Kier molecular flexibility index (Phi) is 2.56. The van der Waals surface area contributed by atoms with Gasteiger partial charge in [-0.2, -0.15) is 0 Å². The number of methoxy groups -OCH3 is 1. The highest BCUT2D eigenvalue weighted by Gasteiger charge is 2.12. The van der Waals surface area contributed by atoms with E-state index in [1.807, 2.05) is 24.3 Å². The number of nitrogens with zero attached hydrogens (tertiary/aromatic N) is 1. The summed E-state index contributed by atoms with van der Waals surface area (Å²) in [7, 11) is 1.32. The van der Waals surface area contributed by atoms with Crippen molar-refractivity contribution in [1.82, 2.24) is 4.98 Å². The van der Waals surface area contributed by atoms with Crippen LogP contribution in [0.4, 0.5) is 0 Å². The van der Waals surface area contributed by atoms with Crippen LogP contribution >= 0.6 is 11.6 Å². The number of hydrogen-bond donors (Lipinski definition) is 0. The smallest absolute Gasteiger partial charge is 0.357 e. The fraction of sp³-hybridized carbons (Fsp3) is 0.0909. The van der Waals surface area contributed by atoms with Crippen molar-refractivity contribution >= 4 is 28.3 Å². The number of esters is 1. The van der Waals surface area contributed by atoms with Gasteiger partial charge in [-0.1, -0.05) is 35.9 Å². The third kappa shape index (κ3) is 1.78. The second-order valence-electron chi connectivity index (χ2n) is 3.01. The minimum absolute atomic E-state index is 0.251. The summed E-state index contributed by atoms with van der Waals surface area (Å²) >= 11 is 5.81. The summed E-state index contributed by atoms with van der Waals surface area (Å²) < 4.78 is 4.64. The number of rotatable bonds is 1. The van der Waals surface area contributed by atoms with Crippen LogP contribution in [0.3, 0.4) is 0 Å². The molecule has 0 amide bonds. The third-order valence-corrected chi connectivity index (χ3v) is 2.28. The van der Waals surface area contributed by atoms with E-state index >= 15 is 0 Å². The van der Waals surface area contributed by atoms with Crippen molar-refractivity contribution in [3.05, 3.63) is 41.2 Å². The highest BCUT2D eigenvalue weighted by molar-refractivity contribution is 6.30. The second kappa shape index (κ2) is 3.87. The predicted octanol–water partition coefficient (Wildman–Crippen LogP) is 2.67. The van der Waals surface area contributed by atoms with Gasteiger partial charge < -0.3 is 4.74 Å². The molecule has 0 atom stereocenters. The first-order chi connectivity index (χ1) is 7.22. The molecule has 1 aromatic heterocycles. The van der Waals surface area contributed by atoms with Gasteiger partial charge in [0, 0.05) is 5.39 Å². The molecule has 76 valence electrons. The maximum Gasteiger partial charge on any atom is 0.357 e. The Hall–Kier alpha value is -1.61. The number of benzene rings is 1. The van der Waals surface area contributed by atoms with Gasteiger partial charge in [0.1, 0.15) is 5.15 Å². The van der Waals surface area contributed by atoms with Gasteiger partial charge in [-0.25, -0.2) is 9.78 Å². The van der Waals surface area contributed by atoms with Gasteiger partial charge >= 0.3 is 5.97 Å². The molecule has 0 fully saturated rings. The average molecular weight is 222 g/mol. The van der Waals surface area contributed by atoms with Crippen molar-refractivity contribution in [3.63, 3.8) is 0 Å². The zero-order chi connectivity index (χ0) is 10.8. The van der Waals surface area contributed by atoms with E-state index in [4.69, 9.17) is 11.6 Å². The molecule has 3 nitrogen and oxygen atoms in total. The van der Waals surface area contributed by atoms with Crippen LogP contribution in [0.5, 0.6) is 0 Å². The maximum atomic E-state index is 11.4. The molecule has 0 aliphatic heterocycles. The van der Waals surface area contributed by atoms with Crippen molar-refractivity contribution in [3.8, 4) is 0 Å². The molecular formula is C11H8ClNO2. The summed E-state index contributed by atoms with van der Waals surface area (Å²) in [5, 5.41) is 1.90. The Morgan fingerprint density at radius 3 is 2.87 bits per heavy atom. The summed E-state index contributed by atoms with van der Waals surface area (Å²) in [6.07, 6.45) is 0. The van der Waals surface area contributed by atoms with E-state index in [2.05, 4.69) is 9.72 Å². The number of hydrogen-bond acceptors (Lipinski definition) is 3. The molecule has 0 spiro atoms. The third-order valence-electron chi connectivity index (χ3n) is 2.09. The van der Waals surface area contributed by atoms with E-state index in [-0.39, 0.29) is 10.8 Å². The first kappa shape index (κ1) is 9.93. The van der Waals surface area contributed by atoms with Crippen molar-refractivity contribution in [2.45, 2.75) is 0 Å². The monoisotopic (exact) mass is 221 g/mol. The Morgan fingerprint density at radius 1 is 1.40 bits per heavy atom. The molecule has 0 radical (unpaired) electrons. The number of carbonyl (C=O) groups is 1. The standard InChI is InChI=1S/C11H8ClNO2/c1-15-11(14)10-8-5-3-2-4-7(8)6-9(12)13-10/h2-6H,1H3. The van der Waals surface area contributed by atoms with Crippen LogP contribution in [0.15, 0.2) is 30.3 Å². The van der Waals surface area contributed by atoms with E-state index in [9.17, 15) is 4.79 Å². The average Bonchev–Trinajstić information content (AvgIpc) is 2.26. The summed E-state index contributed by atoms with van der Waals surface area (Å²) in [6, 6.07) is 9.10. The molecule has 4 heteroatoms. The molecule has 0 unspecified atom stereocenters. The number of fused-ring (bicyclic) bond motifs is 1. The minimum atomic E-state index is -0.478. The first-order valence-electron chi connectivity index (χ1n) is 4.36. The highest BCUT2D eigenvalue weighted by Crippen LogP contribution is 2.21. The van der Waals surface area contributed by atoms with Gasteiger partial charge in [0.2, 0.25) is 0 Å². The van der Waals surface area contributed by atoms with Crippen molar-refractivity contribution in [2.75, 3.05) is 7.11 Å². The zero-order valence-corrected chi connectivity index (χ0v) is 8.78. The largest absolute Gasteiger partial charge is 0.464 e. The van der Waals surface area contributed by atoms with E-state index in [0.29, 0.717) is 0 Å². The topological polar surface area (TPSA) is 39.2 Å². The van der Waals surface area contributed by atoms with Crippen LogP contribution in [-0.4, -0.2) is 18.1 Å². The SMILES string of the molecule is COC(=O)c1nc(Cl)cc2ccccc12. The Morgan fingerprint density at radius 2 is 2.13 bits per heavy atom. The van der Waals surface area contributed by atoms with E-state index in [1.165, 1.54) is 7.11 Å².